The standard InChI is InChI=1S/C27H20N2/c1-19-12-14-28-26(16-19)27-17-20(13-15-29-27)10-11-25-23-8-4-2-6-21(23)18-22-7-3-5-9-24(22)25/h2-18H,1H3/b11-10+. The van der Waals surface area contributed by atoms with Gasteiger partial charge >= 0.3 is 0 Å². The topological polar surface area (TPSA) is 25.8 Å². The predicted octanol–water partition coefficient (Wildman–Crippen LogP) is 6.93. The van der Waals surface area contributed by atoms with Crippen molar-refractivity contribution in [1.82, 2.24) is 9.97 Å². The molecule has 0 spiro atoms. The van der Waals surface area contributed by atoms with E-state index in [-0.39, 0.29) is 0 Å². The largest absolute Gasteiger partial charge is 0.255 e. The summed E-state index contributed by atoms with van der Waals surface area (Å²) in [6.07, 6.45) is 8.06. The van der Waals surface area contributed by atoms with E-state index >= 15 is 0 Å². The number of aryl methyl sites for hydroxylation is 1. The molecule has 0 bridgehead atoms. The number of benzene rings is 3. The molecule has 2 heterocycles. The zero-order valence-corrected chi connectivity index (χ0v) is 16.2. The van der Waals surface area contributed by atoms with E-state index in [1.54, 1.807) is 0 Å². The number of pyridine rings is 2. The fourth-order valence-electron chi connectivity index (χ4n) is 3.77. The lowest BCUT2D eigenvalue weighted by Crippen LogP contribution is -1.88. The second-order valence-corrected chi connectivity index (χ2v) is 7.26. The van der Waals surface area contributed by atoms with Gasteiger partial charge in [0, 0.05) is 12.4 Å². The molecule has 138 valence electrons. The maximum atomic E-state index is 4.51. The molecule has 0 N–H and O–H groups in total. The maximum Gasteiger partial charge on any atom is 0.0892 e. The number of aromatic nitrogens is 2. The lowest BCUT2D eigenvalue weighted by molar-refractivity contribution is 1.23. The summed E-state index contributed by atoms with van der Waals surface area (Å²) in [5.41, 5.74) is 5.32. The molecule has 2 nitrogen and oxygen atoms in total. The average molecular weight is 372 g/mol. The summed E-state index contributed by atoms with van der Waals surface area (Å²) in [7, 11) is 0. The zero-order valence-electron chi connectivity index (χ0n) is 16.2. The van der Waals surface area contributed by atoms with E-state index in [1.165, 1.54) is 32.7 Å². The Morgan fingerprint density at radius 3 is 1.93 bits per heavy atom. The van der Waals surface area contributed by atoms with Gasteiger partial charge < -0.3 is 0 Å². The third kappa shape index (κ3) is 3.41. The van der Waals surface area contributed by atoms with Gasteiger partial charge in [0.1, 0.15) is 0 Å². The number of rotatable bonds is 3. The number of nitrogens with zero attached hydrogens (tertiary/aromatic N) is 2. The van der Waals surface area contributed by atoms with Crippen LogP contribution in [0.4, 0.5) is 0 Å². The molecule has 0 radical (unpaired) electrons. The van der Waals surface area contributed by atoms with Crippen molar-refractivity contribution >= 4 is 33.7 Å². The molecule has 0 aliphatic heterocycles. The molecule has 5 rings (SSSR count). The Hall–Kier alpha value is -3.78. The van der Waals surface area contributed by atoms with Gasteiger partial charge in [0.25, 0.3) is 0 Å². The van der Waals surface area contributed by atoms with E-state index in [0.29, 0.717) is 0 Å². The first-order valence-electron chi connectivity index (χ1n) is 9.76. The zero-order chi connectivity index (χ0) is 19.6. The van der Waals surface area contributed by atoms with E-state index < -0.39 is 0 Å². The lowest BCUT2D eigenvalue weighted by Gasteiger charge is -2.08. The molecule has 29 heavy (non-hydrogen) atoms. The minimum atomic E-state index is 0.888. The highest BCUT2D eigenvalue weighted by molar-refractivity contribution is 6.07. The van der Waals surface area contributed by atoms with Crippen LogP contribution >= 0.6 is 0 Å². The molecular formula is C27H20N2. The quantitative estimate of drug-likeness (QED) is 0.321. The highest BCUT2D eigenvalue weighted by atomic mass is 14.8. The van der Waals surface area contributed by atoms with Gasteiger partial charge in [-0.25, -0.2) is 0 Å². The van der Waals surface area contributed by atoms with Crippen LogP contribution in [0.2, 0.25) is 0 Å². The van der Waals surface area contributed by atoms with Crippen LogP contribution in [-0.2, 0) is 0 Å². The molecule has 0 saturated carbocycles. The summed E-state index contributed by atoms with van der Waals surface area (Å²) in [6.45, 7) is 2.07. The SMILES string of the molecule is Cc1ccnc(-c2cc(/C=C/c3c4ccccc4cc4ccccc34)ccn2)c1. The van der Waals surface area contributed by atoms with Crippen molar-refractivity contribution in [2.75, 3.05) is 0 Å². The summed E-state index contributed by atoms with van der Waals surface area (Å²) >= 11 is 0. The van der Waals surface area contributed by atoms with Crippen LogP contribution in [0.3, 0.4) is 0 Å². The number of hydrogen-bond donors (Lipinski definition) is 0. The molecule has 5 aromatic rings. The van der Waals surface area contributed by atoms with Crippen LogP contribution in [0.25, 0.3) is 45.1 Å². The molecule has 0 atom stereocenters. The highest BCUT2D eigenvalue weighted by Gasteiger charge is 2.05. The van der Waals surface area contributed by atoms with Crippen molar-refractivity contribution in [2.24, 2.45) is 0 Å². The van der Waals surface area contributed by atoms with Gasteiger partial charge in [0.2, 0.25) is 0 Å². The first-order chi connectivity index (χ1) is 14.3. The first kappa shape index (κ1) is 17.3. The second-order valence-electron chi connectivity index (χ2n) is 7.26. The van der Waals surface area contributed by atoms with Gasteiger partial charge in [-0.3, -0.25) is 9.97 Å². The summed E-state index contributed by atoms with van der Waals surface area (Å²) in [6, 6.07) is 27.6. The Morgan fingerprint density at radius 1 is 0.621 bits per heavy atom. The van der Waals surface area contributed by atoms with Gasteiger partial charge in [-0.05, 0) is 75.5 Å². The van der Waals surface area contributed by atoms with Gasteiger partial charge in [0.05, 0.1) is 11.4 Å². The van der Waals surface area contributed by atoms with Crippen molar-refractivity contribution < 1.29 is 0 Å². The van der Waals surface area contributed by atoms with Crippen LogP contribution in [0.1, 0.15) is 16.7 Å². The Bertz CT molecular complexity index is 1310. The molecule has 0 amide bonds. The Kier molecular flexibility index (Phi) is 4.38. The summed E-state index contributed by atoms with van der Waals surface area (Å²) in [5, 5.41) is 5.03. The summed E-state index contributed by atoms with van der Waals surface area (Å²) in [4.78, 5) is 8.97. The van der Waals surface area contributed by atoms with Crippen molar-refractivity contribution in [1.29, 1.82) is 0 Å². The third-order valence-corrected chi connectivity index (χ3v) is 5.22. The molecule has 0 unspecified atom stereocenters. The van der Waals surface area contributed by atoms with Gasteiger partial charge in [0.15, 0.2) is 0 Å². The number of fused-ring (bicyclic) bond motifs is 2. The molecule has 0 fully saturated rings. The smallest absolute Gasteiger partial charge is 0.0892 e. The predicted molar refractivity (Wildman–Crippen MR) is 123 cm³/mol. The van der Waals surface area contributed by atoms with Crippen LogP contribution in [0, 0.1) is 6.92 Å². The second kappa shape index (κ2) is 7.33. The molecule has 2 aromatic heterocycles. The third-order valence-electron chi connectivity index (χ3n) is 5.22. The molecule has 0 aliphatic carbocycles. The Labute approximate surface area is 170 Å². The fraction of sp³-hybridized carbons (Fsp3) is 0.0370. The Morgan fingerprint density at radius 2 is 1.24 bits per heavy atom. The first-order valence-corrected chi connectivity index (χ1v) is 9.76. The molecule has 0 aliphatic rings. The highest BCUT2D eigenvalue weighted by Crippen LogP contribution is 2.30. The van der Waals surface area contributed by atoms with Gasteiger partial charge in [-0.2, -0.15) is 0 Å². The van der Waals surface area contributed by atoms with E-state index in [9.17, 15) is 0 Å². The van der Waals surface area contributed by atoms with Crippen molar-refractivity contribution in [3.63, 3.8) is 0 Å². The van der Waals surface area contributed by atoms with Gasteiger partial charge in [-0.1, -0.05) is 60.7 Å². The van der Waals surface area contributed by atoms with Crippen LogP contribution in [0.15, 0.2) is 91.3 Å². The van der Waals surface area contributed by atoms with Gasteiger partial charge in [-0.15, -0.1) is 0 Å². The fourth-order valence-corrected chi connectivity index (χ4v) is 3.77. The van der Waals surface area contributed by atoms with Crippen molar-refractivity contribution in [3.05, 3.63) is 108 Å². The normalized spacial score (nSPS) is 11.5. The molecule has 3 aromatic carbocycles. The average Bonchev–Trinajstić information content (AvgIpc) is 2.77. The minimum Gasteiger partial charge on any atom is -0.255 e. The van der Waals surface area contributed by atoms with E-state index in [4.69, 9.17) is 0 Å². The van der Waals surface area contributed by atoms with Crippen molar-refractivity contribution in [2.45, 2.75) is 6.92 Å². The minimum absolute atomic E-state index is 0.888. The van der Waals surface area contributed by atoms with Crippen LogP contribution in [0.5, 0.6) is 0 Å². The molecule has 0 saturated heterocycles. The van der Waals surface area contributed by atoms with Crippen molar-refractivity contribution in [3.8, 4) is 11.4 Å². The molecular weight excluding hydrogens is 352 g/mol. The summed E-state index contributed by atoms with van der Waals surface area (Å²) in [5.74, 6) is 0. The lowest BCUT2D eigenvalue weighted by atomic mass is 9.96. The maximum absolute atomic E-state index is 4.51. The van der Waals surface area contributed by atoms with E-state index in [0.717, 1.165) is 17.0 Å². The Balaban J connectivity index is 1.62. The van der Waals surface area contributed by atoms with Crippen LogP contribution < -0.4 is 0 Å². The van der Waals surface area contributed by atoms with E-state index in [1.807, 2.05) is 24.5 Å². The summed E-state index contributed by atoms with van der Waals surface area (Å²) < 4.78 is 0. The number of hydrogen-bond acceptors (Lipinski definition) is 2. The van der Waals surface area contributed by atoms with Crippen LogP contribution in [-0.4, -0.2) is 9.97 Å². The molecule has 2 heteroatoms. The van der Waals surface area contributed by atoms with E-state index in [2.05, 4.69) is 95.8 Å². The monoisotopic (exact) mass is 372 g/mol.